The fraction of sp³-hybridized carbons (Fsp3) is 0.667. The number of aryl methyl sites for hydroxylation is 1. The highest BCUT2D eigenvalue weighted by molar-refractivity contribution is 9.10. The Balaban J connectivity index is 3.17. The molecule has 0 saturated carbocycles. The van der Waals surface area contributed by atoms with Gasteiger partial charge in [-0.25, -0.2) is 9.97 Å². The van der Waals surface area contributed by atoms with E-state index in [0.29, 0.717) is 12.4 Å². The van der Waals surface area contributed by atoms with Gasteiger partial charge >= 0.3 is 0 Å². The molecule has 0 aliphatic heterocycles. The molecule has 0 fully saturated rings. The third-order valence-corrected chi connectivity index (χ3v) is 3.35. The third-order valence-electron chi connectivity index (χ3n) is 2.40. The second-order valence-corrected chi connectivity index (χ2v) is 5.06. The summed E-state index contributed by atoms with van der Waals surface area (Å²) in [5.41, 5.74) is 0.448. The summed E-state index contributed by atoms with van der Waals surface area (Å²) in [5.74, 6) is 1.53. The van der Waals surface area contributed by atoms with Crippen LogP contribution < -0.4 is 5.32 Å². The lowest BCUT2D eigenvalue weighted by Gasteiger charge is -2.24. The minimum absolute atomic E-state index is 0.468. The molecule has 5 heteroatoms. The van der Waals surface area contributed by atoms with Gasteiger partial charge in [0.05, 0.1) is 10.2 Å². The lowest BCUT2D eigenvalue weighted by molar-refractivity contribution is -0.0208. The Hall–Kier alpha value is -0.680. The summed E-state index contributed by atoms with van der Waals surface area (Å²) < 4.78 is 6.59. The summed E-state index contributed by atoms with van der Waals surface area (Å²) in [4.78, 5) is 9.00. The number of nitrogens with one attached hydrogen (secondary N) is 1. The molecule has 1 rings (SSSR count). The van der Waals surface area contributed by atoms with E-state index in [4.69, 9.17) is 4.74 Å². The molecule has 0 radical (unpaired) electrons. The van der Waals surface area contributed by atoms with Crippen LogP contribution in [0.15, 0.2) is 4.47 Å². The van der Waals surface area contributed by atoms with E-state index in [1.54, 1.807) is 0 Å². The van der Waals surface area contributed by atoms with Crippen molar-refractivity contribution < 1.29 is 4.74 Å². The van der Waals surface area contributed by atoms with E-state index >= 15 is 0 Å². The van der Waals surface area contributed by atoms with Crippen LogP contribution in [0.3, 0.4) is 0 Å². The molecular weight excluding hydrogens is 282 g/mol. The Morgan fingerprint density at radius 3 is 2.47 bits per heavy atom. The number of hydrogen-bond acceptors (Lipinski definition) is 4. The standard InChI is InChI=1S/C12H20BrN3O/c1-6-14-10-9(13)8(3)15-11(16-10)12(4,5)17-7-2/h6-7H2,1-5H3,(H,14,15,16). The van der Waals surface area contributed by atoms with Crippen molar-refractivity contribution >= 4 is 21.7 Å². The normalized spacial score (nSPS) is 11.6. The Labute approximate surface area is 111 Å². The summed E-state index contributed by atoms with van der Waals surface area (Å²) >= 11 is 3.49. The molecule has 4 nitrogen and oxygen atoms in total. The van der Waals surface area contributed by atoms with E-state index in [0.717, 1.165) is 22.5 Å². The molecule has 96 valence electrons. The van der Waals surface area contributed by atoms with Crippen LogP contribution in [0.5, 0.6) is 0 Å². The van der Waals surface area contributed by atoms with E-state index in [1.807, 2.05) is 34.6 Å². The molecule has 0 aromatic carbocycles. The van der Waals surface area contributed by atoms with Crippen LogP contribution in [0, 0.1) is 6.92 Å². The van der Waals surface area contributed by atoms with Gasteiger partial charge in [0.2, 0.25) is 0 Å². The van der Waals surface area contributed by atoms with Gasteiger partial charge in [0.25, 0.3) is 0 Å². The first-order chi connectivity index (χ1) is 7.92. The highest BCUT2D eigenvalue weighted by atomic mass is 79.9. The molecule has 1 N–H and O–H groups in total. The van der Waals surface area contributed by atoms with E-state index in [1.165, 1.54) is 0 Å². The molecule has 0 amide bonds. The largest absolute Gasteiger partial charge is 0.369 e. The van der Waals surface area contributed by atoms with Gasteiger partial charge in [-0.05, 0) is 50.5 Å². The Morgan fingerprint density at radius 1 is 1.29 bits per heavy atom. The Morgan fingerprint density at radius 2 is 1.94 bits per heavy atom. The summed E-state index contributed by atoms with van der Waals surface area (Å²) in [7, 11) is 0. The van der Waals surface area contributed by atoms with E-state index < -0.39 is 5.60 Å². The molecule has 1 aromatic rings. The molecule has 0 aliphatic carbocycles. The van der Waals surface area contributed by atoms with Crippen LogP contribution in [0.25, 0.3) is 0 Å². The Kier molecular flexibility index (Phi) is 4.89. The van der Waals surface area contributed by atoms with E-state index in [9.17, 15) is 0 Å². The zero-order valence-corrected chi connectivity index (χ0v) is 12.7. The number of hydrogen-bond donors (Lipinski definition) is 1. The lowest BCUT2D eigenvalue weighted by Crippen LogP contribution is -2.25. The number of aromatic nitrogens is 2. The van der Waals surface area contributed by atoms with Crippen LogP contribution in [-0.2, 0) is 10.3 Å². The van der Waals surface area contributed by atoms with Crippen LogP contribution in [0.4, 0.5) is 5.82 Å². The molecule has 1 aromatic heterocycles. The van der Waals surface area contributed by atoms with Crippen LogP contribution in [0.1, 0.15) is 39.2 Å². The van der Waals surface area contributed by atoms with Gasteiger partial charge < -0.3 is 10.1 Å². The zero-order valence-electron chi connectivity index (χ0n) is 11.1. The van der Waals surface area contributed by atoms with Crippen molar-refractivity contribution in [2.24, 2.45) is 0 Å². The minimum atomic E-state index is -0.468. The molecule has 0 aliphatic rings. The number of anilines is 1. The average Bonchev–Trinajstić information content (AvgIpc) is 2.24. The summed E-state index contributed by atoms with van der Waals surface area (Å²) in [6.07, 6.45) is 0. The summed E-state index contributed by atoms with van der Waals surface area (Å²) in [6.45, 7) is 11.4. The van der Waals surface area contributed by atoms with Gasteiger partial charge in [-0.1, -0.05) is 0 Å². The highest BCUT2D eigenvalue weighted by Crippen LogP contribution is 2.28. The molecular formula is C12H20BrN3O. The fourth-order valence-corrected chi connectivity index (χ4v) is 1.86. The third kappa shape index (κ3) is 3.39. The van der Waals surface area contributed by atoms with E-state index in [-0.39, 0.29) is 0 Å². The predicted molar refractivity (Wildman–Crippen MR) is 73.3 cm³/mol. The van der Waals surface area contributed by atoms with Crippen molar-refractivity contribution in [2.75, 3.05) is 18.5 Å². The first-order valence-electron chi connectivity index (χ1n) is 5.84. The number of rotatable bonds is 5. The number of halogens is 1. The molecule has 0 unspecified atom stereocenters. The topological polar surface area (TPSA) is 47.0 Å². The van der Waals surface area contributed by atoms with Crippen LogP contribution in [0.2, 0.25) is 0 Å². The zero-order chi connectivity index (χ0) is 13.1. The van der Waals surface area contributed by atoms with Gasteiger partial charge in [-0.2, -0.15) is 0 Å². The summed E-state index contributed by atoms with van der Waals surface area (Å²) in [5, 5.41) is 3.22. The molecule has 0 spiro atoms. The first-order valence-corrected chi connectivity index (χ1v) is 6.64. The smallest absolute Gasteiger partial charge is 0.162 e. The predicted octanol–water partition coefficient (Wildman–Crippen LogP) is 3.25. The molecule has 1 heterocycles. The fourth-order valence-electron chi connectivity index (χ4n) is 1.54. The maximum absolute atomic E-state index is 5.68. The van der Waals surface area contributed by atoms with Crippen molar-refractivity contribution in [3.63, 3.8) is 0 Å². The maximum Gasteiger partial charge on any atom is 0.162 e. The van der Waals surface area contributed by atoms with Gasteiger partial charge in [0, 0.05) is 13.2 Å². The minimum Gasteiger partial charge on any atom is -0.369 e. The number of ether oxygens (including phenoxy) is 1. The maximum atomic E-state index is 5.68. The second kappa shape index (κ2) is 5.78. The van der Waals surface area contributed by atoms with Crippen LogP contribution >= 0.6 is 15.9 Å². The Bertz CT molecular complexity index is 394. The van der Waals surface area contributed by atoms with Crippen molar-refractivity contribution in [3.05, 3.63) is 16.0 Å². The first kappa shape index (κ1) is 14.4. The average molecular weight is 302 g/mol. The highest BCUT2D eigenvalue weighted by Gasteiger charge is 2.26. The van der Waals surface area contributed by atoms with Gasteiger partial charge in [0.1, 0.15) is 11.4 Å². The van der Waals surface area contributed by atoms with Crippen LogP contribution in [-0.4, -0.2) is 23.1 Å². The molecule has 0 saturated heterocycles. The van der Waals surface area contributed by atoms with Crippen molar-refractivity contribution in [1.82, 2.24) is 9.97 Å². The van der Waals surface area contributed by atoms with E-state index in [2.05, 4.69) is 31.2 Å². The monoisotopic (exact) mass is 301 g/mol. The van der Waals surface area contributed by atoms with Gasteiger partial charge in [0.15, 0.2) is 5.82 Å². The molecule has 17 heavy (non-hydrogen) atoms. The van der Waals surface area contributed by atoms with Crippen molar-refractivity contribution in [1.29, 1.82) is 0 Å². The van der Waals surface area contributed by atoms with Crippen molar-refractivity contribution in [3.8, 4) is 0 Å². The SMILES string of the molecule is CCNc1nc(C(C)(C)OCC)nc(C)c1Br. The number of nitrogens with zero attached hydrogens (tertiary/aromatic N) is 2. The van der Waals surface area contributed by atoms with Crippen molar-refractivity contribution in [2.45, 2.75) is 40.2 Å². The lowest BCUT2D eigenvalue weighted by atomic mass is 10.1. The molecule has 0 bridgehead atoms. The quantitative estimate of drug-likeness (QED) is 0.907. The second-order valence-electron chi connectivity index (χ2n) is 4.27. The van der Waals surface area contributed by atoms with Gasteiger partial charge in [-0.15, -0.1) is 0 Å². The molecule has 0 atom stereocenters. The van der Waals surface area contributed by atoms with Gasteiger partial charge in [-0.3, -0.25) is 0 Å². The summed E-state index contributed by atoms with van der Waals surface area (Å²) in [6, 6.07) is 0.